The Balaban J connectivity index is 2.30. The Labute approximate surface area is 90.7 Å². The van der Waals surface area contributed by atoms with Gasteiger partial charge in [-0.25, -0.2) is 0 Å². The molecule has 1 aliphatic rings. The third-order valence-corrected chi connectivity index (χ3v) is 3.57. The molecule has 0 aromatic carbocycles. The lowest BCUT2D eigenvalue weighted by Gasteiger charge is -2.17. The van der Waals surface area contributed by atoms with Crippen LogP contribution in [0.4, 0.5) is 0 Å². The van der Waals surface area contributed by atoms with Crippen LogP contribution in [-0.4, -0.2) is 5.78 Å². The molecule has 2 heteroatoms. The van der Waals surface area contributed by atoms with E-state index in [0.29, 0.717) is 24.0 Å². The van der Waals surface area contributed by atoms with Gasteiger partial charge in [0.1, 0.15) is 17.3 Å². The predicted octanol–water partition coefficient (Wildman–Crippen LogP) is 3.31. The van der Waals surface area contributed by atoms with Crippen LogP contribution >= 0.6 is 0 Å². The van der Waals surface area contributed by atoms with Gasteiger partial charge in [0.2, 0.25) is 0 Å². The van der Waals surface area contributed by atoms with E-state index in [2.05, 4.69) is 13.8 Å². The number of carbonyl (C=O) groups excluding carboxylic acids is 1. The number of furan rings is 1. The van der Waals surface area contributed by atoms with Gasteiger partial charge in [0.05, 0.1) is 5.92 Å². The summed E-state index contributed by atoms with van der Waals surface area (Å²) in [5.74, 6) is 3.09. The third kappa shape index (κ3) is 1.73. The first-order chi connectivity index (χ1) is 7.13. The molecule has 82 valence electrons. The molecule has 3 unspecified atom stereocenters. The summed E-state index contributed by atoms with van der Waals surface area (Å²) < 4.78 is 5.60. The smallest absolute Gasteiger partial charge is 0.144 e. The van der Waals surface area contributed by atoms with Crippen molar-refractivity contribution in [2.45, 2.75) is 39.5 Å². The molecule has 0 spiro atoms. The fraction of sp³-hybridized carbons (Fsp3) is 0.615. The molecule has 2 rings (SSSR count). The molecular weight excluding hydrogens is 188 g/mol. The normalized spacial score (nSPS) is 31.1. The van der Waals surface area contributed by atoms with Crippen LogP contribution in [0, 0.1) is 18.8 Å². The van der Waals surface area contributed by atoms with Crippen molar-refractivity contribution in [2.75, 3.05) is 0 Å². The summed E-state index contributed by atoms with van der Waals surface area (Å²) in [4.78, 5) is 11.9. The number of Topliss-reactive ketones (excluding diaryl/α,β-unsaturated/α-hetero) is 1. The van der Waals surface area contributed by atoms with Crippen molar-refractivity contribution in [3.05, 3.63) is 23.7 Å². The summed E-state index contributed by atoms with van der Waals surface area (Å²) in [7, 11) is 0. The molecule has 0 bridgehead atoms. The Morgan fingerprint density at radius 2 is 2.20 bits per heavy atom. The van der Waals surface area contributed by atoms with Crippen molar-refractivity contribution < 1.29 is 9.21 Å². The number of hydrogen-bond acceptors (Lipinski definition) is 2. The van der Waals surface area contributed by atoms with Crippen LogP contribution in [0.15, 0.2) is 16.5 Å². The zero-order valence-electron chi connectivity index (χ0n) is 9.62. The lowest BCUT2D eigenvalue weighted by Crippen LogP contribution is -2.13. The number of aryl methyl sites for hydroxylation is 1. The maximum absolute atomic E-state index is 11.9. The van der Waals surface area contributed by atoms with E-state index in [1.165, 1.54) is 0 Å². The molecule has 1 fully saturated rings. The molecule has 2 nitrogen and oxygen atoms in total. The van der Waals surface area contributed by atoms with Crippen molar-refractivity contribution in [2.24, 2.45) is 11.8 Å². The summed E-state index contributed by atoms with van der Waals surface area (Å²) in [5.41, 5.74) is 0. The molecular formula is C13H18O2. The number of carbonyl (C=O) groups is 1. The van der Waals surface area contributed by atoms with Crippen LogP contribution < -0.4 is 0 Å². The van der Waals surface area contributed by atoms with Gasteiger partial charge in [-0.3, -0.25) is 4.79 Å². The van der Waals surface area contributed by atoms with Crippen molar-refractivity contribution in [1.82, 2.24) is 0 Å². The first kappa shape index (κ1) is 10.5. The van der Waals surface area contributed by atoms with Gasteiger partial charge in [-0.05, 0) is 30.9 Å². The van der Waals surface area contributed by atoms with Crippen LogP contribution in [0.25, 0.3) is 0 Å². The first-order valence-electron chi connectivity index (χ1n) is 5.72. The van der Waals surface area contributed by atoms with E-state index in [0.717, 1.165) is 17.9 Å². The molecule has 1 saturated carbocycles. The van der Waals surface area contributed by atoms with Crippen LogP contribution in [0.5, 0.6) is 0 Å². The van der Waals surface area contributed by atoms with Gasteiger partial charge >= 0.3 is 0 Å². The van der Waals surface area contributed by atoms with E-state index in [9.17, 15) is 4.79 Å². The molecule has 1 heterocycles. The Bertz CT molecular complexity index is 364. The monoisotopic (exact) mass is 206 g/mol. The predicted molar refractivity (Wildman–Crippen MR) is 58.8 cm³/mol. The summed E-state index contributed by atoms with van der Waals surface area (Å²) in [6.45, 7) is 6.25. The van der Waals surface area contributed by atoms with Crippen molar-refractivity contribution in [3.63, 3.8) is 0 Å². The van der Waals surface area contributed by atoms with Gasteiger partial charge in [-0.15, -0.1) is 0 Å². The molecule has 0 aliphatic heterocycles. The lowest BCUT2D eigenvalue weighted by molar-refractivity contribution is -0.119. The van der Waals surface area contributed by atoms with E-state index >= 15 is 0 Å². The second-order valence-corrected chi connectivity index (χ2v) is 4.65. The molecule has 1 aliphatic carbocycles. The minimum Gasteiger partial charge on any atom is -0.466 e. The Morgan fingerprint density at radius 1 is 1.47 bits per heavy atom. The Hall–Kier alpha value is -1.05. The SMILES string of the molecule is CCC1C(C)CC(=O)C1c1ccc(C)o1. The highest BCUT2D eigenvalue weighted by Crippen LogP contribution is 2.43. The summed E-state index contributed by atoms with van der Waals surface area (Å²) >= 11 is 0. The van der Waals surface area contributed by atoms with Gasteiger partial charge in [-0.1, -0.05) is 20.3 Å². The zero-order valence-corrected chi connectivity index (χ0v) is 9.62. The van der Waals surface area contributed by atoms with Gasteiger partial charge < -0.3 is 4.42 Å². The van der Waals surface area contributed by atoms with Crippen molar-refractivity contribution in [1.29, 1.82) is 0 Å². The fourth-order valence-corrected chi connectivity index (χ4v) is 2.79. The highest BCUT2D eigenvalue weighted by Gasteiger charge is 2.41. The standard InChI is InChI=1S/C13H18O2/c1-4-10-8(2)7-11(14)13(10)12-6-5-9(3)15-12/h5-6,8,10,13H,4,7H2,1-3H3. The van der Waals surface area contributed by atoms with Gasteiger partial charge in [-0.2, -0.15) is 0 Å². The molecule has 1 aromatic rings. The molecule has 1 aromatic heterocycles. The summed E-state index contributed by atoms with van der Waals surface area (Å²) in [6, 6.07) is 3.90. The van der Waals surface area contributed by atoms with Crippen LogP contribution in [0.3, 0.4) is 0 Å². The van der Waals surface area contributed by atoms with Crippen LogP contribution in [-0.2, 0) is 4.79 Å². The minimum atomic E-state index is 0.0127. The molecule has 15 heavy (non-hydrogen) atoms. The van der Waals surface area contributed by atoms with Gasteiger partial charge in [0.25, 0.3) is 0 Å². The molecule has 0 radical (unpaired) electrons. The minimum absolute atomic E-state index is 0.0127. The van der Waals surface area contributed by atoms with Crippen molar-refractivity contribution in [3.8, 4) is 0 Å². The summed E-state index contributed by atoms with van der Waals surface area (Å²) in [6.07, 6.45) is 1.76. The number of rotatable bonds is 2. The maximum atomic E-state index is 11.9. The zero-order chi connectivity index (χ0) is 11.0. The number of ketones is 1. The fourth-order valence-electron chi connectivity index (χ4n) is 2.79. The van der Waals surface area contributed by atoms with E-state index in [-0.39, 0.29) is 5.92 Å². The largest absolute Gasteiger partial charge is 0.466 e. The Kier molecular flexibility index (Phi) is 2.68. The molecule has 0 amide bonds. The van der Waals surface area contributed by atoms with E-state index < -0.39 is 0 Å². The van der Waals surface area contributed by atoms with Crippen LogP contribution in [0.2, 0.25) is 0 Å². The average Bonchev–Trinajstić information content (AvgIpc) is 2.70. The van der Waals surface area contributed by atoms with E-state index in [4.69, 9.17) is 4.42 Å². The highest BCUT2D eigenvalue weighted by molar-refractivity contribution is 5.88. The van der Waals surface area contributed by atoms with E-state index in [1.807, 2.05) is 19.1 Å². The lowest BCUT2D eigenvalue weighted by atomic mass is 9.86. The molecule has 3 atom stereocenters. The topological polar surface area (TPSA) is 30.2 Å². The van der Waals surface area contributed by atoms with E-state index in [1.54, 1.807) is 0 Å². The highest BCUT2D eigenvalue weighted by atomic mass is 16.3. The summed E-state index contributed by atoms with van der Waals surface area (Å²) in [5, 5.41) is 0. The average molecular weight is 206 g/mol. The van der Waals surface area contributed by atoms with Crippen LogP contribution in [0.1, 0.15) is 44.1 Å². The molecule has 0 N–H and O–H groups in total. The first-order valence-corrected chi connectivity index (χ1v) is 5.72. The van der Waals surface area contributed by atoms with Crippen molar-refractivity contribution >= 4 is 5.78 Å². The molecule has 0 saturated heterocycles. The second kappa shape index (κ2) is 3.84. The Morgan fingerprint density at radius 3 is 2.73 bits per heavy atom. The quantitative estimate of drug-likeness (QED) is 0.743. The van der Waals surface area contributed by atoms with Gasteiger partial charge in [0, 0.05) is 6.42 Å². The maximum Gasteiger partial charge on any atom is 0.144 e. The third-order valence-electron chi connectivity index (χ3n) is 3.57. The van der Waals surface area contributed by atoms with Gasteiger partial charge in [0.15, 0.2) is 0 Å². The number of hydrogen-bond donors (Lipinski definition) is 0. The second-order valence-electron chi connectivity index (χ2n) is 4.65.